The number of ether oxygens (including phenoxy) is 1. The summed E-state index contributed by atoms with van der Waals surface area (Å²) in [5.74, 6) is 1.75. The monoisotopic (exact) mass is 404 g/mol. The first-order valence-corrected chi connectivity index (χ1v) is 11.0. The summed E-state index contributed by atoms with van der Waals surface area (Å²) in [6.45, 7) is 5.98. The molecule has 0 heterocycles. The van der Waals surface area contributed by atoms with Gasteiger partial charge in [-0.15, -0.1) is 11.6 Å². The van der Waals surface area contributed by atoms with E-state index in [-0.39, 0.29) is 5.38 Å². The van der Waals surface area contributed by atoms with Gasteiger partial charge in [-0.1, -0.05) is 49.4 Å². The highest BCUT2D eigenvalue weighted by atomic mass is 35.5. The Bertz CT molecular complexity index is 664. The summed E-state index contributed by atoms with van der Waals surface area (Å²) in [6.07, 6.45) is 14.0. The van der Waals surface area contributed by atoms with Gasteiger partial charge in [-0.2, -0.15) is 0 Å². The molecule has 1 atom stereocenters. The second-order valence-corrected chi connectivity index (χ2v) is 8.27. The predicted molar refractivity (Wildman–Crippen MR) is 120 cm³/mol. The van der Waals surface area contributed by atoms with Crippen molar-refractivity contribution in [1.82, 2.24) is 0 Å². The van der Waals surface area contributed by atoms with Gasteiger partial charge in [0.1, 0.15) is 12.4 Å². The van der Waals surface area contributed by atoms with E-state index in [2.05, 4.69) is 43.3 Å². The topological polar surface area (TPSA) is 9.23 Å². The molecule has 0 bridgehead atoms. The fraction of sp³-hybridized carbons (Fsp3) is 0.520. The van der Waals surface area contributed by atoms with Gasteiger partial charge in [0.05, 0.1) is 12.0 Å². The Morgan fingerprint density at radius 2 is 1.86 bits per heavy atom. The second-order valence-electron chi connectivity index (χ2n) is 7.61. The number of benzene rings is 1. The van der Waals surface area contributed by atoms with Gasteiger partial charge < -0.3 is 4.74 Å². The fourth-order valence-electron chi connectivity index (χ4n) is 3.87. The standard InChI is InChI=1S/C25H34ClFO/c1-4-6-20-7-9-21(10-8-20)22-11-13-23(14-12-22)25(19(3)26)16-15-24(18-27)28-17-5-2/h4,6,11-16,19-21H,5,7-10,17-18H2,1-3H3/b6-4+,24-15+,25-16+. The van der Waals surface area contributed by atoms with Crippen LogP contribution in [0.5, 0.6) is 0 Å². The molecular weight excluding hydrogens is 371 g/mol. The minimum atomic E-state index is -0.602. The second kappa shape index (κ2) is 12.1. The minimum absolute atomic E-state index is 0.162. The fourth-order valence-corrected chi connectivity index (χ4v) is 4.07. The molecule has 0 aliphatic heterocycles. The number of hydrogen-bond acceptors (Lipinski definition) is 1. The highest BCUT2D eigenvalue weighted by molar-refractivity contribution is 6.26. The highest BCUT2D eigenvalue weighted by Gasteiger charge is 2.21. The molecule has 0 radical (unpaired) electrons. The van der Waals surface area contributed by atoms with Crippen molar-refractivity contribution in [3.8, 4) is 0 Å². The normalized spacial score (nSPS) is 22.5. The van der Waals surface area contributed by atoms with E-state index in [0.717, 1.165) is 23.5 Å². The summed E-state index contributed by atoms with van der Waals surface area (Å²) in [7, 11) is 0. The largest absolute Gasteiger partial charge is 0.495 e. The van der Waals surface area contributed by atoms with Crippen LogP contribution in [0.3, 0.4) is 0 Å². The summed E-state index contributed by atoms with van der Waals surface area (Å²) in [4.78, 5) is 0. The van der Waals surface area contributed by atoms with Crippen LogP contribution >= 0.6 is 11.6 Å². The molecule has 3 heteroatoms. The van der Waals surface area contributed by atoms with Crippen LogP contribution in [0, 0.1) is 5.92 Å². The maximum Gasteiger partial charge on any atom is 0.146 e. The van der Waals surface area contributed by atoms with E-state index in [0.29, 0.717) is 18.3 Å². The number of allylic oxidation sites excluding steroid dienone is 6. The average Bonchev–Trinajstić information content (AvgIpc) is 2.71. The van der Waals surface area contributed by atoms with Gasteiger partial charge in [-0.25, -0.2) is 4.39 Å². The molecule has 0 amide bonds. The smallest absolute Gasteiger partial charge is 0.146 e. The third-order valence-electron chi connectivity index (χ3n) is 5.45. The molecule has 2 rings (SSSR count). The number of halogens is 2. The molecule has 1 unspecified atom stereocenters. The van der Waals surface area contributed by atoms with Crippen molar-refractivity contribution in [2.45, 2.75) is 64.2 Å². The van der Waals surface area contributed by atoms with Gasteiger partial charge in [0.15, 0.2) is 0 Å². The molecule has 1 saturated carbocycles. The van der Waals surface area contributed by atoms with Crippen LogP contribution in [-0.2, 0) is 4.74 Å². The van der Waals surface area contributed by atoms with Crippen LogP contribution in [0.2, 0.25) is 0 Å². The molecule has 0 N–H and O–H groups in total. The van der Waals surface area contributed by atoms with E-state index < -0.39 is 6.67 Å². The molecule has 0 saturated heterocycles. The van der Waals surface area contributed by atoms with Crippen LogP contribution in [-0.4, -0.2) is 18.7 Å². The Morgan fingerprint density at radius 1 is 1.18 bits per heavy atom. The third-order valence-corrected chi connectivity index (χ3v) is 5.69. The Balaban J connectivity index is 2.10. The van der Waals surface area contributed by atoms with Crippen molar-refractivity contribution in [2.75, 3.05) is 13.3 Å². The lowest BCUT2D eigenvalue weighted by molar-refractivity contribution is 0.190. The van der Waals surface area contributed by atoms with Crippen LogP contribution in [0.4, 0.5) is 4.39 Å². The molecule has 154 valence electrons. The summed E-state index contributed by atoms with van der Waals surface area (Å²) in [5, 5.41) is -0.162. The van der Waals surface area contributed by atoms with Crippen molar-refractivity contribution >= 4 is 17.2 Å². The van der Waals surface area contributed by atoms with Crippen LogP contribution < -0.4 is 0 Å². The van der Waals surface area contributed by atoms with Crippen molar-refractivity contribution < 1.29 is 9.13 Å². The summed E-state index contributed by atoms with van der Waals surface area (Å²) < 4.78 is 18.5. The maximum absolute atomic E-state index is 13.1. The van der Waals surface area contributed by atoms with Crippen molar-refractivity contribution in [1.29, 1.82) is 0 Å². The average molecular weight is 405 g/mol. The number of rotatable bonds is 9. The third kappa shape index (κ3) is 6.81. The molecule has 1 fully saturated rings. The Kier molecular flexibility index (Phi) is 9.84. The Morgan fingerprint density at radius 3 is 2.39 bits per heavy atom. The molecule has 0 spiro atoms. The molecule has 0 aromatic heterocycles. The van der Waals surface area contributed by atoms with E-state index in [9.17, 15) is 4.39 Å². The molecular formula is C25H34ClFO. The maximum atomic E-state index is 13.1. The van der Waals surface area contributed by atoms with Gasteiger partial charge >= 0.3 is 0 Å². The zero-order chi connectivity index (χ0) is 20.4. The van der Waals surface area contributed by atoms with Crippen molar-refractivity contribution in [2.24, 2.45) is 5.92 Å². The van der Waals surface area contributed by atoms with Crippen molar-refractivity contribution in [3.05, 3.63) is 65.5 Å². The Hall–Kier alpha value is -1.54. The first kappa shape index (κ1) is 22.7. The summed E-state index contributed by atoms with van der Waals surface area (Å²) in [6, 6.07) is 8.76. The van der Waals surface area contributed by atoms with Gasteiger partial charge in [0.25, 0.3) is 0 Å². The predicted octanol–water partition coefficient (Wildman–Crippen LogP) is 7.83. The summed E-state index contributed by atoms with van der Waals surface area (Å²) in [5.41, 5.74) is 3.48. The minimum Gasteiger partial charge on any atom is -0.495 e. The van der Waals surface area contributed by atoms with E-state index in [1.807, 2.05) is 19.9 Å². The first-order chi connectivity index (χ1) is 13.6. The molecule has 1 aliphatic rings. The van der Waals surface area contributed by atoms with E-state index in [1.54, 1.807) is 6.08 Å². The van der Waals surface area contributed by atoms with E-state index in [4.69, 9.17) is 16.3 Å². The molecule has 1 aromatic rings. The zero-order valence-electron chi connectivity index (χ0n) is 17.5. The zero-order valence-corrected chi connectivity index (χ0v) is 18.2. The van der Waals surface area contributed by atoms with E-state index in [1.165, 1.54) is 31.2 Å². The first-order valence-electron chi connectivity index (χ1n) is 10.6. The van der Waals surface area contributed by atoms with Crippen LogP contribution in [0.15, 0.2) is 54.3 Å². The molecule has 1 aliphatic carbocycles. The van der Waals surface area contributed by atoms with Crippen molar-refractivity contribution in [3.63, 3.8) is 0 Å². The lowest BCUT2D eigenvalue weighted by atomic mass is 9.78. The number of hydrogen-bond donors (Lipinski definition) is 0. The van der Waals surface area contributed by atoms with Gasteiger partial charge in [0, 0.05) is 0 Å². The van der Waals surface area contributed by atoms with Crippen LogP contribution in [0.25, 0.3) is 5.57 Å². The van der Waals surface area contributed by atoms with Crippen LogP contribution in [0.1, 0.15) is 69.9 Å². The Labute approximate surface area is 175 Å². The van der Waals surface area contributed by atoms with Gasteiger partial charge in [-0.3, -0.25) is 0 Å². The highest BCUT2D eigenvalue weighted by Crippen LogP contribution is 2.37. The molecule has 1 nitrogen and oxygen atoms in total. The van der Waals surface area contributed by atoms with E-state index >= 15 is 0 Å². The lowest BCUT2D eigenvalue weighted by Gasteiger charge is -2.27. The molecule has 1 aromatic carbocycles. The summed E-state index contributed by atoms with van der Waals surface area (Å²) >= 11 is 6.40. The van der Waals surface area contributed by atoms with Gasteiger partial charge in [0.2, 0.25) is 0 Å². The SMILES string of the molecule is C/C=C/C1CCC(c2ccc(/C(=C/C=C(\CF)OCCC)C(C)Cl)cc2)CC1. The lowest BCUT2D eigenvalue weighted by Crippen LogP contribution is -2.11. The quantitative estimate of drug-likeness (QED) is 0.176. The number of alkyl halides is 2. The van der Waals surface area contributed by atoms with Gasteiger partial charge in [-0.05, 0) is 80.6 Å². The molecule has 28 heavy (non-hydrogen) atoms.